The van der Waals surface area contributed by atoms with Gasteiger partial charge in [-0.15, -0.1) is 0 Å². The van der Waals surface area contributed by atoms with Crippen LogP contribution in [0.1, 0.15) is 30.6 Å². The lowest BCUT2D eigenvalue weighted by Gasteiger charge is -2.22. The quantitative estimate of drug-likeness (QED) is 0.901. The number of carbonyl (C=O) groups excluding carboxylic acids is 1. The zero-order chi connectivity index (χ0) is 14.6. The van der Waals surface area contributed by atoms with Crippen molar-refractivity contribution in [1.29, 1.82) is 0 Å². The molecule has 1 unspecified atom stereocenters. The minimum Gasteiger partial charge on any atom is -0.342 e. The minimum absolute atomic E-state index is 0.0613. The molecule has 2 N–H and O–H groups in total. The summed E-state index contributed by atoms with van der Waals surface area (Å²) in [5, 5.41) is 0. The van der Waals surface area contributed by atoms with E-state index in [0.717, 1.165) is 6.42 Å². The van der Waals surface area contributed by atoms with E-state index in [4.69, 9.17) is 5.73 Å². The normalized spacial score (nSPS) is 12.6. The fourth-order valence-corrected chi connectivity index (χ4v) is 2.09. The smallest absolute Gasteiger partial charge is 0.254 e. The molecule has 3 nitrogen and oxygen atoms in total. The standard InChI is InChI=1S/C14H20BrFN2O/c1-9(2)12(17)7-8-18(3)14(19)10-5-4-6-11(16)13(10)15/h4-6,9,12H,7-8,17H2,1-3H3. The molecule has 0 bridgehead atoms. The van der Waals surface area contributed by atoms with Crippen molar-refractivity contribution in [2.45, 2.75) is 26.3 Å². The molecule has 106 valence electrons. The molecule has 1 aromatic carbocycles. The van der Waals surface area contributed by atoms with Gasteiger partial charge in [-0.05, 0) is 40.4 Å². The average Bonchev–Trinajstić information content (AvgIpc) is 2.37. The molecule has 1 atom stereocenters. The molecule has 5 heteroatoms. The topological polar surface area (TPSA) is 46.3 Å². The molecule has 0 saturated carbocycles. The molecule has 0 aliphatic carbocycles. The van der Waals surface area contributed by atoms with E-state index in [0.29, 0.717) is 18.0 Å². The van der Waals surface area contributed by atoms with Crippen molar-refractivity contribution in [2.24, 2.45) is 11.7 Å². The SMILES string of the molecule is CC(C)C(N)CCN(C)C(=O)c1cccc(F)c1Br. The fraction of sp³-hybridized carbons (Fsp3) is 0.500. The van der Waals surface area contributed by atoms with Gasteiger partial charge in [-0.3, -0.25) is 4.79 Å². The summed E-state index contributed by atoms with van der Waals surface area (Å²) < 4.78 is 13.6. The monoisotopic (exact) mass is 330 g/mol. The lowest BCUT2D eigenvalue weighted by molar-refractivity contribution is 0.0787. The van der Waals surface area contributed by atoms with Gasteiger partial charge in [0.1, 0.15) is 5.82 Å². The van der Waals surface area contributed by atoms with Gasteiger partial charge in [0.2, 0.25) is 0 Å². The Kier molecular flexibility index (Phi) is 5.94. The average molecular weight is 331 g/mol. The van der Waals surface area contributed by atoms with E-state index in [1.54, 1.807) is 18.0 Å². The van der Waals surface area contributed by atoms with Gasteiger partial charge >= 0.3 is 0 Å². The van der Waals surface area contributed by atoms with Crippen molar-refractivity contribution in [1.82, 2.24) is 4.90 Å². The van der Waals surface area contributed by atoms with Crippen molar-refractivity contribution >= 4 is 21.8 Å². The molecule has 0 radical (unpaired) electrons. The molecule has 0 aliphatic heterocycles. The van der Waals surface area contributed by atoms with E-state index in [-0.39, 0.29) is 16.4 Å². The predicted molar refractivity (Wildman–Crippen MR) is 78.5 cm³/mol. The first kappa shape index (κ1) is 16.1. The van der Waals surface area contributed by atoms with Gasteiger partial charge in [-0.1, -0.05) is 19.9 Å². The predicted octanol–water partition coefficient (Wildman–Crippen LogP) is 3.03. The van der Waals surface area contributed by atoms with Crippen LogP contribution < -0.4 is 5.73 Å². The number of hydrogen-bond acceptors (Lipinski definition) is 2. The molecule has 0 spiro atoms. The van der Waals surface area contributed by atoms with Crippen LogP contribution in [-0.2, 0) is 0 Å². The summed E-state index contributed by atoms with van der Waals surface area (Å²) in [4.78, 5) is 13.8. The number of nitrogens with zero attached hydrogens (tertiary/aromatic N) is 1. The molecular formula is C14H20BrFN2O. The van der Waals surface area contributed by atoms with Gasteiger partial charge in [0.15, 0.2) is 0 Å². The summed E-state index contributed by atoms with van der Waals surface area (Å²) in [5.74, 6) is -0.259. The number of halogens is 2. The van der Waals surface area contributed by atoms with Crippen LogP contribution in [-0.4, -0.2) is 30.4 Å². The molecule has 0 aliphatic rings. The van der Waals surface area contributed by atoms with Gasteiger partial charge in [-0.25, -0.2) is 4.39 Å². The number of benzene rings is 1. The van der Waals surface area contributed by atoms with E-state index >= 15 is 0 Å². The maximum Gasteiger partial charge on any atom is 0.254 e. The second-order valence-corrected chi connectivity index (χ2v) is 5.82. The molecule has 1 aromatic rings. The van der Waals surface area contributed by atoms with Crippen molar-refractivity contribution in [3.8, 4) is 0 Å². The number of rotatable bonds is 5. The highest BCUT2D eigenvalue weighted by Gasteiger charge is 2.18. The fourth-order valence-electron chi connectivity index (χ4n) is 1.65. The molecule has 1 rings (SSSR count). The minimum atomic E-state index is -0.432. The van der Waals surface area contributed by atoms with Crippen LogP contribution in [0.3, 0.4) is 0 Å². The molecule has 0 saturated heterocycles. The lowest BCUT2D eigenvalue weighted by atomic mass is 10.0. The summed E-state index contributed by atoms with van der Waals surface area (Å²) in [6, 6.07) is 4.51. The van der Waals surface area contributed by atoms with E-state index in [2.05, 4.69) is 29.8 Å². The number of amides is 1. The zero-order valence-corrected chi connectivity index (χ0v) is 13.1. The Morgan fingerprint density at radius 3 is 2.68 bits per heavy atom. The third kappa shape index (κ3) is 4.28. The van der Waals surface area contributed by atoms with Crippen LogP contribution in [0.15, 0.2) is 22.7 Å². The summed E-state index contributed by atoms with van der Waals surface area (Å²) in [6.07, 6.45) is 0.729. The Bertz CT molecular complexity index is 451. The van der Waals surface area contributed by atoms with Crippen LogP contribution in [0.25, 0.3) is 0 Å². The highest BCUT2D eigenvalue weighted by Crippen LogP contribution is 2.21. The summed E-state index contributed by atoms with van der Waals surface area (Å²) in [7, 11) is 1.70. The summed E-state index contributed by atoms with van der Waals surface area (Å²) in [5.41, 5.74) is 6.28. The number of hydrogen-bond donors (Lipinski definition) is 1. The number of carbonyl (C=O) groups is 1. The Balaban J connectivity index is 2.69. The maximum absolute atomic E-state index is 13.4. The van der Waals surface area contributed by atoms with Gasteiger partial charge in [0.05, 0.1) is 10.0 Å². The van der Waals surface area contributed by atoms with Gasteiger partial charge < -0.3 is 10.6 Å². The third-order valence-corrected chi connectivity index (χ3v) is 3.99. The van der Waals surface area contributed by atoms with E-state index < -0.39 is 5.82 Å². The Morgan fingerprint density at radius 1 is 1.47 bits per heavy atom. The van der Waals surface area contributed by atoms with Crippen molar-refractivity contribution < 1.29 is 9.18 Å². The van der Waals surface area contributed by atoms with Gasteiger partial charge in [-0.2, -0.15) is 0 Å². The van der Waals surface area contributed by atoms with Gasteiger partial charge in [0, 0.05) is 19.6 Å². The number of nitrogens with two attached hydrogens (primary N) is 1. The molecule has 1 amide bonds. The van der Waals surface area contributed by atoms with E-state index in [1.807, 2.05) is 0 Å². The first-order valence-electron chi connectivity index (χ1n) is 6.29. The molecule has 0 heterocycles. The van der Waals surface area contributed by atoms with E-state index in [9.17, 15) is 9.18 Å². The lowest BCUT2D eigenvalue weighted by Crippen LogP contribution is -2.34. The largest absolute Gasteiger partial charge is 0.342 e. The van der Waals surface area contributed by atoms with Crippen molar-refractivity contribution in [3.63, 3.8) is 0 Å². The van der Waals surface area contributed by atoms with Crippen LogP contribution in [0.4, 0.5) is 4.39 Å². The van der Waals surface area contributed by atoms with Crippen LogP contribution in [0, 0.1) is 11.7 Å². The molecule has 0 aromatic heterocycles. The van der Waals surface area contributed by atoms with Gasteiger partial charge in [0.25, 0.3) is 5.91 Å². The van der Waals surface area contributed by atoms with Crippen LogP contribution >= 0.6 is 15.9 Å². The second kappa shape index (κ2) is 7.01. The van der Waals surface area contributed by atoms with Crippen LogP contribution in [0.5, 0.6) is 0 Å². The highest BCUT2D eigenvalue weighted by molar-refractivity contribution is 9.10. The molecule has 0 fully saturated rings. The molecular weight excluding hydrogens is 311 g/mol. The molecule has 19 heavy (non-hydrogen) atoms. The van der Waals surface area contributed by atoms with E-state index in [1.165, 1.54) is 12.1 Å². The second-order valence-electron chi connectivity index (χ2n) is 5.02. The third-order valence-electron chi connectivity index (χ3n) is 3.18. The van der Waals surface area contributed by atoms with Crippen molar-refractivity contribution in [3.05, 3.63) is 34.1 Å². The first-order valence-corrected chi connectivity index (χ1v) is 7.09. The Morgan fingerprint density at radius 2 is 2.11 bits per heavy atom. The maximum atomic E-state index is 13.4. The highest BCUT2D eigenvalue weighted by atomic mass is 79.9. The summed E-state index contributed by atoms with van der Waals surface area (Å²) in [6.45, 7) is 4.66. The Hall–Kier alpha value is -0.940. The van der Waals surface area contributed by atoms with Crippen molar-refractivity contribution in [2.75, 3.05) is 13.6 Å². The van der Waals surface area contributed by atoms with Crippen LogP contribution in [0.2, 0.25) is 0 Å². The summed E-state index contributed by atoms with van der Waals surface area (Å²) >= 11 is 3.11. The zero-order valence-electron chi connectivity index (χ0n) is 11.5. The Labute approximate surface area is 122 Å². The first-order chi connectivity index (χ1) is 8.84.